The zero-order valence-corrected chi connectivity index (χ0v) is 13.0. The van der Waals surface area contributed by atoms with Gasteiger partial charge in [-0.3, -0.25) is 14.5 Å². The molecular weight excluding hydrogens is 278 g/mol. The fourth-order valence-corrected chi connectivity index (χ4v) is 3.44. The summed E-state index contributed by atoms with van der Waals surface area (Å²) in [5.74, 6) is 0.188. The average molecular weight is 301 g/mol. The summed E-state index contributed by atoms with van der Waals surface area (Å²) in [4.78, 5) is 26.2. The Morgan fingerprint density at radius 2 is 2.09 bits per heavy atom. The zero-order chi connectivity index (χ0) is 15.5. The molecule has 2 atom stereocenters. The number of nitrogens with one attached hydrogen (secondary N) is 2. The molecule has 1 aromatic rings. The number of benzene rings is 1. The van der Waals surface area contributed by atoms with Gasteiger partial charge in [0, 0.05) is 32.1 Å². The third-order valence-electron chi connectivity index (χ3n) is 4.57. The van der Waals surface area contributed by atoms with Crippen LogP contribution in [0.1, 0.15) is 36.4 Å². The molecule has 0 aromatic heterocycles. The van der Waals surface area contributed by atoms with Crippen molar-refractivity contribution in [3.05, 3.63) is 35.4 Å². The van der Waals surface area contributed by atoms with E-state index < -0.39 is 0 Å². The summed E-state index contributed by atoms with van der Waals surface area (Å²) in [6, 6.07) is 7.93. The smallest absolute Gasteiger partial charge is 0.242 e. The minimum absolute atomic E-state index is 0.0580. The minimum Gasteiger partial charge on any atom is -0.353 e. The van der Waals surface area contributed by atoms with E-state index in [1.165, 1.54) is 0 Å². The number of amides is 2. The van der Waals surface area contributed by atoms with Crippen LogP contribution in [-0.2, 0) is 9.59 Å². The standard InChI is InChI=1S/C17H23N3O2/c1-12-5-2-3-7-14(12)16-17(22)18-9-10-20(16)11-13-6-4-8-15(21)19-13/h2-3,5,7,13,16H,4,6,8-11H2,1H3,(H,18,22)(H,19,21). The van der Waals surface area contributed by atoms with Crippen molar-refractivity contribution >= 4 is 11.8 Å². The van der Waals surface area contributed by atoms with Crippen molar-refractivity contribution in [2.24, 2.45) is 0 Å². The topological polar surface area (TPSA) is 61.4 Å². The van der Waals surface area contributed by atoms with Gasteiger partial charge < -0.3 is 10.6 Å². The summed E-state index contributed by atoms with van der Waals surface area (Å²) in [6.07, 6.45) is 2.55. The van der Waals surface area contributed by atoms with Gasteiger partial charge in [-0.05, 0) is 30.9 Å². The Hall–Kier alpha value is -1.88. The summed E-state index contributed by atoms with van der Waals surface area (Å²) in [5, 5.41) is 6.02. The molecule has 2 aliphatic heterocycles. The minimum atomic E-state index is -0.256. The number of carbonyl (C=O) groups excluding carboxylic acids is 2. The van der Waals surface area contributed by atoms with Crippen molar-refractivity contribution < 1.29 is 9.59 Å². The largest absolute Gasteiger partial charge is 0.353 e. The van der Waals surface area contributed by atoms with Crippen LogP contribution >= 0.6 is 0 Å². The lowest BCUT2D eigenvalue weighted by atomic mass is 9.96. The van der Waals surface area contributed by atoms with Crippen molar-refractivity contribution in [2.75, 3.05) is 19.6 Å². The van der Waals surface area contributed by atoms with Crippen molar-refractivity contribution in [2.45, 2.75) is 38.3 Å². The first-order valence-electron chi connectivity index (χ1n) is 8.02. The Morgan fingerprint density at radius 1 is 1.27 bits per heavy atom. The number of piperazine rings is 1. The normalized spacial score (nSPS) is 26.4. The van der Waals surface area contributed by atoms with Gasteiger partial charge in [-0.15, -0.1) is 0 Å². The molecule has 1 aromatic carbocycles. The lowest BCUT2D eigenvalue weighted by Crippen LogP contribution is -2.55. The monoisotopic (exact) mass is 301 g/mol. The van der Waals surface area contributed by atoms with Crippen LogP contribution in [-0.4, -0.2) is 42.4 Å². The number of rotatable bonds is 3. The fraction of sp³-hybridized carbons (Fsp3) is 0.529. The molecule has 0 saturated carbocycles. The number of hydrogen-bond acceptors (Lipinski definition) is 3. The van der Waals surface area contributed by atoms with E-state index >= 15 is 0 Å². The molecule has 2 N–H and O–H groups in total. The van der Waals surface area contributed by atoms with Crippen molar-refractivity contribution in [3.63, 3.8) is 0 Å². The van der Waals surface area contributed by atoms with Crippen LogP contribution < -0.4 is 10.6 Å². The average Bonchev–Trinajstić information content (AvgIpc) is 2.49. The predicted octanol–water partition coefficient (Wildman–Crippen LogP) is 1.14. The molecule has 2 aliphatic rings. The summed E-state index contributed by atoms with van der Waals surface area (Å²) < 4.78 is 0. The van der Waals surface area contributed by atoms with E-state index in [4.69, 9.17) is 0 Å². The van der Waals surface area contributed by atoms with Gasteiger partial charge in [-0.2, -0.15) is 0 Å². The molecule has 2 amide bonds. The molecule has 118 valence electrons. The first-order chi connectivity index (χ1) is 10.6. The Kier molecular flexibility index (Phi) is 4.43. The lowest BCUT2D eigenvalue weighted by molar-refractivity contribution is -0.129. The van der Waals surface area contributed by atoms with Crippen LogP contribution in [0.15, 0.2) is 24.3 Å². The van der Waals surface area contributed by atoms with Gasteiger partial charge in [0.25, 0.3) is 0 Å². The first-order valence-corrected chi connectivity index (χ1v) is 8.02. The highest BCUT2D eigenvalue weighted by atomic mass is 16.2. The highest BCUT2D eigenvalue weighted by Gasteiger charge is 2.34. The molecule has 0 spiro atoms. The predicted molar refractivity (Wildman–Crippen MR) is 84.3 cm³/mol. The van der Waals surface area contributed by atoms with E-state index in [2.05, 4.69) is 15.5 Å². The second-order valence-electron chi connectivity index (χ2n) is 6.20. The summed E-state index contributed by atoms with van der Waals surface area (Å²) in [6.45, 7) is 4.26. The number of hydrogen-bond donors (Lipinski definition) is 2. The van der Waals surface area contributed by atoms with Gasteiger partial charge in [0.15, 0.2) is 0 Å². The van der Waals surface area contributed by atoms with Gasteiger partial charge in [0.05, 0.1) is 0 Å². The molecule has 5 heteroatoms. The van der Waals surface area contributed by atoms with Gasteiger partial charge in [-0.25, -0.2) is 0 Å². The lowest BCUT2D eigenvalue weighted by Gasteiger charge is -2.38. The number of carbonyl (C=O) groups is 2. The Bertz CT molecular complexity index is 573. The van der Waals surface area contributed by atoms with E-state index in [1.807, 2.05) is 31.2 Å². The number of piperidine rings is 1. The molecule has 2 heterocycles. The molecular formula is C17H23N3O2. The third-order valence-corrected chi connectivity index (χ3v) is 4.57. The van der Waals surface area contributed by atoms with E-state index in [0.717, 1.165) is 37.1 Å². The van der Waals surface area contributed by atoms with Crippen molar-refractivity contribution in [1.82, 2.24) is 15.5 Å². The van der Waals surface area contributed by atoms with Crippen LogP contribution in [0.25, 0.3) is 0 Å². The first kappa shape index (κ1) is 15.0. The van der Waals surface area contributed by atoms with Gasteiger partial charge in [0.2, 0.25) is 11.8 Å². The van der Waals surface area contributed by atoms with E-state index in [1.54, 1.807) is 0 Å². The van der Waals surface area contributed by atoms with Gasteiger partial charge >= 0.3 is 0 Å². The summed E-state index contributed by atoms with van der Waals surface area (Å²) >= 11 is 0. The maximum absolute atomic E-state index is 12.4. The van der Waals surface area contributed by atoms with Crippen LogP contribution in [0.3, 0.4) is 0 Å². The highest BCUT2D eigenvalue weighted by molar-refractivity contribution is 5.84. The Morgan fingerprint density at radius 3 is 2.86 bits per heavy atom. The third kappa shape index (κ3) is 3.14. The van der Waals surface area contributed by atoms with Crippen LogP contribution in [0, 0.1) is 6.92 Å². The second-order valence-corrected chi connectivity index (χ2v) is 6.20. The van der Waals surface area contributed by atoms with Crippen LogP contribution in [0.4, 0.5) is 0 Å². The summed E-state index contributed by atoms with van der Waals surface area (Å²) in [5.41, 5.74) is 2.18. The Labute approximate surface area is 131 Å². The zero-order valence-electron chi connectivity index (χ0n) is 13.0. The maximum Gasteiger partial charge on any atom is 0.242 e. The highest BCUT2D eigenvalue weighted by Crippen LogP contribution is 2.26. The van der Waals surface area contributed by atoms with Gasteiger partial charge in [-0.1, -0.05) is 24.3 Å². The van der Waals surface area contributed by atoms with E-state index in [0.29, 0.717) is 13.0 Å². The van der Waals surface area contributed by atoms with E-state index in [-0.39, 0.29) is 23.9 Å². The van der Waals surface area contributed by atoms with Crippen LogP contribution in [0.5, 0.6) is 0 Å². The second kappa shape index (κ2) is 6.48. The number of nitrogens with zero attached hydrogens (tertiary/aromatic N) is 1. The fourth-order valence-electron chi connectivity index (χ4n) is 3.44. The molecule has 22 heavy (non-hydrogen) atoms. The molecule has 5 nitrogen and oxygen atoms in total. The summed E-state index contributed by atoms with van der Waals surface area (Å²) in [7, 11) is 0. The molecule has 0 aliphatic carbocycles. The molecule has 3 rings (SSSR count). The molecule has 2 unspecified atom stereocenters. The molecule has 2 saturated heterocycles. The van der Waals surface area contributed by atoms with E-state index in [9.17, 15) is 9.59 Å². The Balaban J connectivity index is 1.80. The number of aryl methyl sites for hydroxylation is 1. The van der Waals surface area contributed by atoms with Crippen LogP contribution in [0.2, 0.25) is 0 Å². The molecule has 2 fully saturated rings. The molecule has 0 radical (unpaired) electrons. The maximum atomic E-state index is 12.4. The van der Waals surface area contributed by atoms with Gasteiger partial charge in [0.1, 0.15) is 6.04 Å². The quantitative estimate of drug-likeness (QED) is 0.880. The SMILES string of the molecule is Cc1ccccc1C1C(=O)NCCN1CC1CCCC(=O)N1. The molecule has 0 bridgehead atoms. The van der Waals surface area contributed by atoms with Crippen molar-refractivity contribution in [3.8, 4) is 0 Å². The van der Waals surface area contributed by atoms with Crippen molar-refractivity contribution in [1.29, 1.82) is 0 Å².